The molecule has 118 valence electrons. The van der Waals surface area contributed by atoms with Crippen molar-refractivity contribution in [3.8, 4) is 0 Å². The number of para-hydroxylation sites is 1. The van der Waals surface area contributed by atoms with Crippen molar-refractivity contribution in [2.24, 2.45) is 0 Å². The lowest BCUT2D eigenvalue weighted by Gasteiger charge is -2.28. The normalized spacial score (nSPS) is 20.0. The highest BCUT2D eigenvalue weighted by Gasteiger charge is 2.50. The first-order valence-corrected chi connectivity index (χ1v) is 7.05. The molecule has 0 spiro atoms. The van der Waals surface area contributed by atoms with Gasteiger partial charge >= 0.3 is 6.16 Å². The SMILES string of the molecule is CC(C)(C)OC(=O)OC1(CCC=O)C(=O)Nc2ccccc21. The number of ether oxygens (including phenoxy) is 2. The minimum atomic E-state index is -1.53. The van der Waals surface area contributed by atoms with Crippen LogP contribution in [0.5, 0.6) is 0 Å². The number of hydrogen-bond donors (Lipinski definition) is 1. The van der Waals surface area contributed by atoms with Crippen LogP contribution >= 0.6 is 0 Å². The Kier molecular flexibility index (Phi) is 4.21. The molecule has 6 nitrogen and oxygen atoms in total. The molecule has 2 rings (SSSR count). The number of aldehydes is 1. The second-order valence-electron chi connectivity index (χ2n) is 6.10. The van der Waals surface area contributed by atoms with Gasteiger partial charge in [-0.25, -0.2) is 4.79 Å². The summed E-state index contributed by atoms with van der Waals surface area (Å²) in [6, 6.07) is 6.92. The average molecular weight is 305 g/mol. The highest BCUT2D eigenvalue weighted by Crippen LogP contribution is 2.42. The van der Waals surface area contributed by atoms with Gasteiger partial charge in [0.2, 0.25) is 5.60 Å². The first-order chi connectivity index (χ1) is 10.3. The maximum absolute atomic E-state index is 12.4. The Morgan fingerprint density at radius 1 is 1.32 bits per heavy atom. The molecule has 0 fully saturated rings. The maximum Gasteiger partial charge on any atom is 0.510 e. The topological polar surface area (TPSA) is 81.7 Å². The minimum absolute atomic E-state index is 0.0680. The standard InChI is InChI=1S/C16H19NO5/c1-15(2,3)21-14(20)22-16(9-6-10-18)11-7-4-5-8-12(11)17-13(16)19/h4-5,7-8,10H,6,9H2,1-3H3,(H,17,19). The van der Waals surface area contributed by atoms with Crippen molar-refractivity contribution in [1.29, 1.82) is 0 Å². The van der Waals surface area contributed by atoms with Crippen LogP contribution in [-0.2, 0) is 24.7 Å². The van der Waals surface area contributed by atoms with Crippen LogP contribution in [0.15, 0.2) is 24.3 Å². The number of amides is 1. The summed E-state index contributed by atoms with van der Waals surface area (Å²) in [6.45, 7) is 5.11. The Balaban J connectivity index is 2.35. The van der Waals surface area contributed by atoms with Crippen molar-refractivity contribution in [1.82, 2.24) is 0 Å². The Labute approximate surface area is 128 Å². The summed E-state index contributed by atoms with van der Waals surface area (Å²) in [5, 5.41) is 2.68. The quantitative estimate of drug-likeness (QED) is 0.683. The van der Waals surface area contributed by atoms with Gasteiger partial charge in [-0.3, -0.25) is 4.79 Å². The van der Waals surface area contributed by atoms with E-state index in [2.05, 4.69) is 5.32 Å². The van der Waals surface area contributed by atoms with Crippen LogP contribution in [0.4, 0.5) is 10.5 Å². The molecule has 1 aliphatic rings. The summed E-state index contributed by atoms with van der Waals surface area (Å²) in [5.74, 6) is -0.471. The third kappa shape index (κ3) is 3.10. The van der Waals surface area contributed by atoms with Crippen LogP contribution < -0.4 is 5.32 Å². The van der Waals surface area contributed by atoms with Crippen molar-refractivity contribution >= 4 is 24.0 Å². The van der Waals surface area contributed by atoms with Gasteiger partial charge in [-0.15, -0.1) is 0 Å². The maximum atomic E-state index is 12.4. The minimum Gasteiger partial charge on any atom is -0.429 e. The Hall–Kier alpha value is -2.37. The largest absolute Gasteiger partial charge is 0.510 e. The number of anilines is 1. The van der Waals surface area contributed by atoms with Gasteiger partial charge in [-0.1, -0.05) is 18.2 Å². The fraction of sp³-hybridized carbons (Fsp3) is 0.438. The van der Waals surface area contributed by atoms with Crippen LogP contribution in [-0.4, -0.2) is 23.9 Å². The van der Waals surface area contributed by atoms with Gasteiger partial charge in [0.25, 0.3) is 5.91 Å². The van der Waals surface area contributed by atoms with Crippen LogP contribution in [0.25, 0.3) is 0 Å². The zero-order valence-electron chi connectivity index (χ0n) is 12.8. The summed E-state index contributed by atoms with van der Waals surface area (Å²) >= 11 is 0. The number of carbonyl (C=O) groups excluding carboxylic acids is 3. The zero-order chi connectivity index (χ0) is 16.4. The predicted octanol–water partition coefficient (Wildman–Crippen LogP) is 2.76. The number of hydrogen-bond acceptors (Lipinski definition) is 5. The lowest BCUT2D eigenvalue weighted by Crippen LogP contribution is -2.41. The number of carbonyl (C=O) groups is 3. The molecule has 0 radical (unpaired) electrons. The Morgan fingerprint density at radius 2 is 2.00 bits per heavy atom. The molecule has 0 bridgehead atoms. The lowest BCUT2D eigenvalue weighted by atomic mass is 9.90. The van der Waals surface area contributed by atoms with Gasteiger partial charge in [0.15, 0.2) is 0 Å². The predicted molar refractivity (Wildman–Crippen MR) is 79.4 cm³/mol. The Bertz CT molecular complexity index is 605. The number of fused-ring (bicyclic) bond motifs is 1. The average Bonchev–Trinajstić information content (AvgIpc) is 2.67. The smallest absolute Gasteiger partial charge is 0.429 e. The fourth-order valence-corrected chi connectivity index (χ4v) is 2.37. The van der Waals surface area contributed by atoms with Crippen molar-refractivity contribution in [3.63, 3.8) is 0 Å². The molecule has 0 aliphatic carbocycles. The molecule has 1 unspecified atom stereocenters. The first-order valence-electron chi connectivity index (χ1n) is 7.05. The van der Waals surface area contributed by atoms with Crippen LogP contribution in [0, 0.1) is 0 Å². The highest BCUT2D eigenvalue weighted by molar-refractivity contribution is 6.06. The van der Waals surface area contributed by atoms with Crippen LogP contribution in [0.1, 0.15) is 39.2 Å². The molecule has 1 atom stereocenters. The molecule has 1 heterocycles. The van der Waals surface area contributed by atoms with Crippen LogP contribution in [0.3, 0.4) is 0 Å². The van der Waals surface area contributed by atoms with E-state index < -0.39 is 23.3 Å². The van der Waals surface area contributed by atoms with E-state index in [0.717, 1.165) is 0 Å². The van der Waals surface area contributed by atoms with Crippen molar-refractivity contribution in [2.75, 3.05) is 5.32 Å². The summed E-state index contributed by atoms with van der Waals surface area (Å²) in [5.41, 5.74) is -1.16. The Morgan fingerprint density at radius 3 is 2.64 bits per heavy atom. The fourth-order valence-electron chi connectivity index (χ4n) is 2.37. The molecule has 6 heteroatoms. The third-order valence-electron chi connectivity index (χ3n) is 3.24. The molecule has 0 saturated heterocycles. The second kappa shape index (κ2) is 5.79. The van der Waals surface area contributed by atoms with Crippen LogP contribution in [0.2, 0.25) is 0 Å². The van der Waals surface area contributed by atoms with E-state index in [1.807, 2.05) is 0 Å². The van der Waals surface area contributed by atoms with Gasteiger partial charge < -0.3 is 19.6 Å². The van der Waals surface area contributed by atoms with E-state index in [1.165, 1.54) is 0 Å². The number of benzene rings is 1. The molecule has 1 aromatic carbocycles. The molecule has 0 saturated carbocycles. The van der Waals surface area contributed by atoms with Gasteiger partial charge in [0, 0.05) is 24.1 Å². The highest BCUT2D eigenvalue weighted by atomic mass is 16.7. The molecule has 1 aromatic rings. The molecule has 1 N–H and O–H groups in total. The summed E-state index contributed by atoms with van der Waals surface area (Å²) in [4.78, 5) is 35.2. The first kappa shape index (κ1) is 16.0. The third-order valence-corrected chi connectivity index (χ3v) is 3.24. The van der Waals surface area contributed by atoms with E-state index in [0.29, 0.717) is 17.5 Å². The monoisotopic (exact) mass is 305 g/mol. The number of nitrogens with one attached hydrogen (secondary N) is 1. The van der Waals surface area contributed by atoms with E-state index in [4.69, 9.17) is 9.47 Å². The molecular weight excluding hydrogens is 286 g/mol. The van der Waals surface area contributed by atoms with Crippen molar-refractivity contribution < 1.29 is 23.9 Å². The summed E-state index contributed by atoms with van der Waals surface area (Å²) < 4.78 is 10.5. The molecule has 1 aliphatic heterocycles. The molecule has 22 heavy (non-hydrogen) atoms. The molecule has 0 aromatic heterocycles. The van der Waals surface area contributed by atoms with E-state index in [9.17, 15) is 14.4 Å². The number of rotatable bonds is 4. The van der Waals surface area contributed by atoms with Gasteiger partial charge in [-0.05, 0) is 26.8 Å². The van der Waals surface area contributed by atoms with E-state index in [-0.39, 0.29) is 12.8 Å². The summed E-state index contributed by atoms with van der Waals surface area (Å²) in [6.07, 6.45) is -0.0948. The van der Waals surface area contributed by atoms with Crippen molar-refractivity contribution in [2.45, 2.75) is 44.8 Å². The zero-order valence-corrected chi connectivity index (χ0v) is 12.8. The summed E-state index contributed by atoms with van der Waals surface area (Å²) in [7, 11) is 0. The lowest BCUT2D eigenvalue weighted by molar-refractivity contribution is -0.141. The van der Waals surface area contributed by atoms with Crippen molar-refractivity contribution in [3.05, 3.63) is 29.8 Å². The molecule has 1 amide bonds. The van der Waals surface area contributed by atoms with E-state index >= 15 is 0 Å². The second-order valence-corrected chi connectivity index (χ2v) is 6.10. The van der Waals surface area contributed by atoms with E-state index in [1.54, 1.807) is 45.0 Å². The molecular formula is C16H19NO5. The van der Waals surface area contributed by atoms with Gasteiger partial charge in [0.05, 0.1) is 0 Å². The van der Waals surface area contributed by atoms with Gasteiger partial charge in [0.1, 0.15) is 11.9 Å². The van der Waals surface area contributed by atoms with Gasteiger partial charge in [-0.2, -0.15) is 0 Å².